The highest BCUT2D eigenvalue weighted by atomic mass is 16.3. The van der Waals surface area contributed by atoms with Crippen molar-refractivity contribution >= 4 is 11.0 Å². The molecule has 4 heteroatoms. The van der Waals surface area contributed by atoms with E-state index in [-0.39, 0.29) is 5.56 Å². The third-order valence-corrected chi connectivity index (χ3v) is 3.68. The highest BCUT2D eigenvalue weighted by Crippen LogP contribution is 2.28. The summed E-state index contributed by atoms with van der Waals surface area (Å²) in [6.07, 6.45) is 4.40. The van der Waals surface area contributed by atoms with Crippen LogP contribution >= 0.6 is 0 Å². The second kappa shape index (κ2) is 3.82. The molecule has 2 heterocycles. The van der Waals surface area contributed by atoms with Crippen molar-refractivity contribution in [3.05, 3.63) is 52.1 Å². The molecule has 0 atom stereocenters. The lowest BCUT2D eigenvalue weighted by atomic mass is 10.1. The standard InChI is InChI=1S/C15H12N2O2/c18-15-10-5-3-6-12(10)16-14(17-15)11-8-19-13-7-2-1-4-9(11)13/h1-2,4,7-8H,3,5-6H2,(H,16,17,18). The van der Waals surface area contributed by atoms with Crippen molar-refractivity contribution in [3.8, 4) is 11.4 Å². The van der Waals surface area contributed by atoms with Gasteiger partial charge in [-0.2, -0.15) is 0 Å². The van der Waals surface area contributed by atoms with Crippen LogP contribution in [0.3, 0.4) is 0 Å². The van der Waals surface area contributed by atoms with Gasteiger partial charge in [0.25, 0.3) is 5.56 Å². The van der Waals surface area contributed by atoms with Crippen molar-refractivity contribution in [2.75, 3.05) is 0 Å². The van der Waals surface area contributed by atoms with Crippen LogP contribution in [0.25, 0.3) is 22.4 Å². The smallest absolute Gasteiger partial charge is 0.254 e. The van der Waals surface area contributed by atoms with Gasteiger partial charge in [0, 0.05) is 10.9 Å². The normalized spacial score (nSPS) is 13.9. The highest BCUT2D eigenvalue weighted by molar-refractivity contribution is 5.91. The molecule has 1 N–H and O–H groups in total. The fraction of sp³-hybridized carbons (Fsp3) is 0.200. The lowest BCUT2D eigenvalue weighted by molar-refractivity contribution is 0.616. The summed E-state index contributed by atoms with van der Waals surface area (Å²) in [7, 11) is 0. The van der Waals surface area contributed by atoms with Crippen LogP contribution in [-0.2, 0) is 12.8 Å². The van der Waals surface area contributed by atoms with Gasteiger partial charge in [-0.25, -0.2) is 4.98 Å². The molecular formula is C15H12N2O2. The second-order valence-electron chi connectivity index (χ2n) is 4.84. The van der Waals surface area contributed by atoms with Crippen molar-refractivity contribution < 1.29 is 4.42 Å². The lowest BCUT2D eigenvalue weighted by Gasteiger charge is -2.02. The van der Waals surface area contributed by atoms with Crippen molar-refractivity contribution in [1.29, 1.82) is 0 Å². The average molecular weight is 252 g/mol. The maximum absolute atomic E-state index is 12.0. The van der Waals surface area contributed by atoms with Gasteiger partial charge in [0.2, 0.25) is 0 Å². The number of rotatable bonds is 1. The molecule has 94 valence electrons. The Morgan fingerprint density at radius 2 is 2.11 bits per heavy atom. The minimum Gasteiger partial charge on any atom is -0.464 e. The summed E-state index contributed by atoms with van der Waals surface area (Å²) in [6.45, 7) is 0. The van der Waals surface area contributed by atoms with Crippen molar-refractivity contribution in [3.63, 3.8) is 0 Å². The second-order valence-corrected chi connectivity index (χ2v) is 4.84. The van der Waals surface area contributed by atoms with E-state index in [2.05, 4.69) is 9.97 Å². The summed E-state index contributed by atoms with van der Waals surface area (Å²) >= 11 is 0. The summed E-state index contributed by atoms with van der Waals surface area (Å²) < 4.78 is 5.50. The van der Waals surface area contributed by atoms with E-state index >= 15 is 0 Å². The van der Waals surface area contributed by atoms with Gasteiger partial charge in [-0.3, -0.25) is 4.79 Å². The van der Waals surface area contributed by atoms with Crippen LogP contribution in [0.4, 0.5) is 0 Å². The van der Waals surface area contributed by atoms with Gasteiger partial charge in [0.05, 0.1) is 11.3 Å². The fourth-order valence-electron chi connectivity index (χ4n) is 2.73. The van der Waals surface area contributed by atoms with Crippen LogP contribution in [0, 0.1) is 0 Å². The molecule has 2 aromatic heterocycles. The van der Waals surface area contributed by atoms with Gasteiger partial charge >= 0.3 is 0 Å². The van der Waals surface area contributed by atoms with E-state index in [9.17, 15) is 4.79 Å². The molecule has 0 saturated carbocycles. The zero-order valence-corrected chi connectivity index (χ0v) is 10.3. The Kier molecular flexibility index (Phi) is 2.12. The molecule has 4 nitrogen and oxygen atoms in total. The molecule has 3 aromatic rings. The van der Waals surface area contributed by atoms with Crippen LogP contribution in [0.15, 0.2) is 39.7 Å². The number of H-pyrrole nitrogens is 1. The number of aromatic nitrogens is 2. The minimum atomic E-state index is -0.0113. The van der Waals surface area contributed by atoms with E-state index in [0.29, 0.717) is 5.82 Å². The first kappa shape index (κ1) is 10.6. The first-order valence-electron chi connectivity index (χ1n) is 6.41. The number of hydrogen-bond donors (Lipinski definition) is 1. The molecule has 1 aliphatic carbocycles. The molecule has 19 heavy (non-hydrogen) atoms. The Labute approximate surface area is 109 Å². The maximum Gasteiger partial charge on any atom is 0.254 e. The molecule has 0 fully saturated rings. The predicted molar refractivity (Wildman–Crippen MR) is 72.1 cm³/mol. The Morgan fingerprint density at radius 3 is 3.05 bits per heavy atom. The molecular weight excluding hydrogens is 240 g/mol. The van der Waals surface area contributed by atoms with E-state index in [4.69, 9.17) is 4.42 Å². The third-order valence-electron chi connectivity index (χ3n) is 3.68. The van der Waals surface area contributed by atoms with Gasteiger partial charge < -0.3 is 9.40 Å². The summed E-state index contributed by atoms with van der Waals surface area (Å²) in [5.41, 5.74) is 3.42. The van der Waals surface area contributed by atoms with Crippen LogP contribution in [0.5, 0.6) is 0 Å². The molecule has 0 saturated heterocycles. The number of aryl methyl sites for hydroxylation is 1. The fourth-order valence-corrected chi connectivity index (χ4v) is 2.73. The van der Waals surface area contributed by atoms with Crippen LogP contribution in [0.1, 0.15) is 17.7 Å². The van der Waals surface area contributed by atoms with Crippen molar-refractivity contribution in [1.82, 2.24) is 9.97 Å². The Hall–Kier alpha value is -2.36. The largest absolute Gasteiger partial charge is 0.464 e. The molecule has 0 bridgehead atoms. The Balaban J connectivity index is 1.98. The summed E-state index contributed by atoms with van der Waals surface area (Å²) in [5.74, 6) is 0.607. The Morgan fingerprint density at radius 1 is 1.21 bits per heavy atom. The molecule has 0 aliphatic heterocycles. The van der Waals surface area contributed by atoms with Crippen LogP contribution in [0.2, 0.25) is 0 Å². The zero-order chi connectivity index (χ0) is 12.8. The SMILES string of the molecule is O=c1[nH]c(-c2coc3ccccc23)nc2c1CCC2. The molecule has 0 unspecified atom stereocenters. The van der Waals surface area contributed by atoms with Crippen LogP contribution in [-0.4, -0.2) is 9.97 Å². The Bertz CT molecular complexity index is 830. The molecule has 0 amide bonds. The first-order chi connectivity index (χ1) is 9.33. The van der Waals surface area contributed by atoms with E-state index in [1.807, 2.05) is 24.3 Å². The van der Waals surface area contributed by atoms with Gasteiger partial charge in [0.15, 0.2) is 0 Å². The number of hydrogen-bond acceptors (Lipinski definition) is 3. The molecule has 4 rings (SSSR count). The number of aromatic amines is 1. The van der Waals surface area contributed by atoms with Gasteiger partial charge in [0.1, 0.15) is 17.7 Å². The molecule has 0 radical (unpaired) electrons. The first-order valence-corrected chi connectivity index (χ1v) is 6.41. The molecule has 1 aromatic carbocycles. The van der Waals surface area contributed by atoms with E-state index in [1.54, 1.807) is 6.26 Å². The number of para-hydroxylation sites is 1. The van der Waals surface area contributed by atoms with E-state index in [0.717, 1.165) is 47.1 Å². The molecule has 0 spiro atoms. The van der Waals surface area contributed by atoms with E-state index in [1.165, 1.54) is 0 Å². The van der Waals surface area contributed by atoms with Crippen molar-refractivity contribution in [2.45, 2.75) is 19.3 Å². The minimum absolute atomic E-state index is 0.0113. The topological polar surface area (TPSA) is 58.9 Å². The number of fused-ring (bicyclic) bond motifs is 2. The summed E-state index contributed by atoms with van der Waals surface area (Å²) in [5, 5.41) is 0.976. The summed E-state index contributed by atoms with van der Waals surface area (Å²) in [6, 6.07) is 7.76. The lowest BCUT2D eigenvalue weighted by Crippen LogP contribution is -2.15. The van der Waals surface area contributed by atoms with Gasteiger partial charge in [-0.05, 0) is 25.3 Å². The number of benzene rings is 1. The number of nitrogens with zero attached hydrogens (tertiary/aromatic N) is 1. The third kappa shape index (κ3) is 1.53. The monoisotopic (exact) mass is 252 g/mol. The number of nitrogens with one attached hydrogen (secondary N) is 1. The zero-order valence-electron chi connectivity index (χ0n) is 10.3. The van der Waals surface area contributed by atoms with Crippen molar-refractivity contribution in [2.24, 2.45) is 0 Å². The predicted octanol–water partition coefficient (Wildman–Crippen LogP) is 2.67. The molecule has 1 aliphatic rings. The van der Waals surface area contributed by atoms with Gasteiger partial charge in [-0.1, -0.05) is 18.2 Å². The number of furan rings is 1. The quantitative estimate of drug-likeness (QED) is 0.724. The van der Waals surface area contributed by atoms with Gasteiger partial charge in [-0.15, -0.1) is 0 Å². The highest BCUT2D eigenvalue weighted by Gasteiger charge is 2.19. The summed E-state index contributed by atoms with van der Waals surface area (Å²) in [4.78, 5) is 19.5. The average Bonchev–Trinajstić information content (AvgIpc) is 3.04. The van der Waals surface area contributed by atoms with Crippen LogP contribution < -0.4 is 5.56 Å². The maximum atomic E-state index is 12.0. The van der Waals surface area contributed by atoms with E-state index < -0.39 is 0 Å².